The molecule has 0 bridgehead atoms. The standard InChI is InChI=1S/C15H31N3O2/c1-12-6-5-8-15(10-12,18(3)4)11-17-14(20)16-9-7-13(2)19/h12-13,19H,5-11H2,1-4H3,(H2,16,17,20). The number of rotatable bonds is 6. The highest BCUT2D eigenvalue weighted by molar-refractivity contribution is 5.73. The first-order valence-corrected chi connectivity index (χ1v) is 7.73. The van der Waals surface area contributed by atoms with E-state index in [9.17, 15) is 4.79 Å². The fourth-order valence-electron chi connectivity index (χ4n) is 3.06. The zero-order valence-corrected chi connectivity index (χ0v) is 13.4. The summed E-state index contributed by atoms with van der Waals surface area (Å²) in [6.45, 7) is 5.21. The minimum Gasteiger partial charge on any atom is -0.393 e. The van der Waals surface area contributed by atoms with Crippen molar-refractivity contribution in [2.45, 2.75) is 57.6 Å². The molecule has 5 nitrogen and oxygen atoms in total. The summed E-state index contributed by atoms with van der Waals surface area (Å²) in [7, 11) is 4.20. The Bertz CT molecular complexity index is 307. The van der Waals surface area contributed by atoms with Gasteiger partial charge in [-0.2, -0.15) is 0 Å². The third-order valence-electron chi connectivity index (χ3n) is 4.44. The van der Waals surface area contributed by atoms with Crippen molar-refractivity contribution in [3.63, 3.8) is 0 Å². The van der Waals surface area contributed by atoms with Crippen LogP contribution in [-0.2, 0) is 0 Å². The maximum Gasteiger partial charge on any atom is 0.314 e. The number of nitrogens with one attached hydrogen (secondary N) is 2. The lowest BCUT2D eigenvalue weighted by Gasteiger charge is -2.45. The second kappa shape index (κ2) is 7.84. The number of likely N-dealkylation sites (N-methyl/N-ethyl adjacent to an activating group) is 1. The predicted octanol–water partition coefficient (Wildman–Crippen LogP) is 1.57. The minimum atomic E-state index is -0.373. The van der Waals surface area contributed by atoms with Crippen molar-refractivity contribution in [2.75, 3.05) is 27.2 Å². The third-order valence-corrected chi connectivity index (χ3v) is 4.44. The lowest BCUT2D eigenvalue weighted by molar-refractivity contribution is 0.0772. The van der Waals surface area contributed by atoms with Crippen LogP contribution in [0.25, 0.3) is 0 Å². The smallest absolute Gasteiger partial charge is 0.314 e. The van der Waals surface area contributed by atoms with Crippen molar-refractivity contribution in [1.82, 2.24) is 15.5 Å². The van der Waals surface area contributed by atoms with E-state index in [-0.39, 0.29) is 17.7 Å². The monoisotopic (exact) mass is 285 g/mol. The molecule has 1 rings (SSSR count). The van der Waals surface area contributed by atoms with Crippen LogP contribution in [0.2, 0.25) is 0 Å². The molecule has 2 amide bonds. The highest BCUT2D eigenvalue weighted by Crippen LogP contribution is 2.35. The van der Waals surface area contributed by atoms with Crippen LogP contribution in [0.5, 0.6) is 0 Å². The summed E-state index contributed by atoms with van der Waals surface area (Å²) >= 11 is 0. The van der Waals surface area contributed by atoms with E-state index in [0.717, 1.165) is 12.8 Å². The number of hydrogen-bond acceptors (Lipinski definition) is 3. The van der Waals surface area contributed by atoms with Gasteiger partial charge in [-0.3, -0.25) is 0 Å². The molecule has 0 saturated heterocycles. The SMILES string of the molecule is CC(O)CCNC(=O)NCC1(N(C)C)CCCC(C)C1. The van der Waals surface area contributed by atoms with Crippen LogP contribution in [0, 0.1) is 5.92 Å². The Hall–Kier alpha value is -0.810. The van der Waals surface area contributed by atoms with Crippen LogP contribution in [0.3, 0.4) is 0 Å². The molecule has 1 saturated carbocycles. The number of carbonyl (C=O) groups excluding carboxylic acids is 1. The molecule has 118 valence electrons. The van der Waals surface area contributed by atoms with Gasteiger partial charge in [-0.25, -0.2) is 4.79 Å². The Kier molecular flexibility index (Phi) is 6.76. The van der Waals surface area contributed by atoms with Crippen molar-refractivity contribution in [1.29, 1.82) is 0 Å². The maximum absolute atomic E-state index is 11.8. The number of aliphatic hydroxyl groups excluding tert-OH is 1. The first-order chi connectivity index (χ1) is 9.35. The third kappa shape index (κ3) is 5.29. The van der Waals surface area contributed by atoms with Gasteiger partial charge in [0.1, 0.15) is 0 Å². The number of carbonyl (C=O) groups is 1. The number of hydrogen-bond donors (Lipinski definition) is 3. The molecule has 3 unspecified atom stereocenters. The van der Waals surface area contributed by atoms with E-state index in [1.165, 1.54) is 12.8 Å². The Morgan fingerprint density at radius 1 is 1.45 bits per heavy atom. The first kappa shape index (κ1) is 17.2. The molecule has 0 radical (unpaired) electrons. The summed E-state index contributed by atoms with van der Waals surface area (Å²) in [5.74, 6) is 0.714. The molecule has 0 heterocycles. The number of urea groups is 1. The molecular formula is C15H31N3O2. The average Bonchev–Trinajstić information content (AvgIpc) is 2.36. The van der Waals surface area contributed by atoms with E-state index < -0.39 is 0 Å². The lowest BCUT2D eigenvalue weighted by Crippen LogP contribution is -2.56. The molecule has 3 N–H and O–H groups in total. The zero-order chi connectivity index (χ0) is 15.2. The summed E-state index contributed by atoms with van der Waals surface area (Å²) < 4.78 is 0. The summed E-state index contributed by atoms with van der Waals surface area (Å²) in [5.41, 5.74) is 0.0826. The van der Waals surface area contributed by atoms with Gasteiger partial charge in [-0.1, -0.05) is 19.8 Å². The average molecular weight is 285 g/mol. The van der Waals surface area contributed by atoms with Crippen LogP contribution in [0.15, 0.2) is 0 Å². The van der Waals surface area contributed by atoms with E-state index >= 15 is 0 Å². The van der Waals surface area contributed by atoms with Gasteiger partial charge < -0.3 is 20.6 Å². The highest BCUT2D eigenvalue weighted by Gasteiger charge is 2.37. The molecule has 5 heteroatoms. The molecule has 1 aliphatic rings. The van der Waals surface area contributed by atoms with Crippen LogP contribution in [-0.4, -0.2) is 54.9 Å². The molecule has 0 aliphatic heterocycles. The molecule has 1 aliphatic carbocycles. The molecule has 20 heavy (non-hydrogen) atoms. The number of aliphatic hydroxyl groups is 1. The molecule has 0 aromatic heterocycles. The van der Waals surface area contributed by atoms with Crippen molar-refractivity contribution in [3.8, 4) is 0 Å². The van der Waals surface area contributed by atoms with Crippen LogP contribution < -0.4 is 10.6 Å². The maximum atomic E-state index is 11.8. The van der Waals surface area contributed by atoms with E-state index in [4.69, 9.17) is 5.11 Å². The zero-order valence-electron chi connectivity index (χ0n) is 13.4. The Balaban J connectivity index is 2.41. The second-order valence-electron chi connectivity index (χ2n) is 6.57. The molecule has 3 atom stereocenters. The first-order valence-electron chi connectivity index (χ1n) is 7.73. The van der Waals surface area contributed by atoms with Crippen molar-refractivity contribution in [3.05, 3.63) is 0 Å². The lowest BCUT2D eigenvalue weighted by atomic mass is 9.75. The fourth-order valence-corrected chi connectivity index (χ4v) is 3.06. The van der Waals surface area contributed by atoms with E-state index in [1.807, 2.05) is 0 Å². The van der Waals surface area contributed by atoms with Crippen LogP contribution >= 0.6 is 0 Å². The Labute approximate surface area is 123 Å². The van der Waals surface area contributed by atoms with Gasteiger partial charge >= 0.3 is 6.03 Å². The Morgan fingerprint density at radius 3 is 2.70 bits per heavy atom. The van der Waals surface area contributed by atoms with Crippen molar-refractivity contribution < 1.29 is 9.90 Å². The molecular weight excluding hydrogens is 254 g/mol. The van der Waals surface area contributed by atoms with Crippen LogP contribution in [0.1, 0.15) is 46.0 Å². The van der Waals surface area contributed by atoms with Crippen molar-refractivity contribution >= 4 is 6.03 Å². The van der Waals surface area contributed by atoms with Gasteiger partial charge in [0.2, 0.25) is 0 Å². The fraction of sp³-hybridized carbons (Fsp3) is 0.933. The van der Waals surface area contributed by atoms with E-state index in [0.29, 0.717) is 25.4 Å². The highest BCUT2D eigenvalue weighted by atomic mass is 16.3. The normalized spacial score (nSPS) is 28.2. The van der Waals surface area contributed by atoms with Gasteiger partial charge in [0.25, 0.3) is 0 Å². The number of nitrogens with zero attached hydrogens (tertiary/aromatic N) is 1. The quantitative estimate of drug-likeness (QED) is 0.694. The molecule has 1 fully saturated rings. The van der Waals surface area contributed by atoms with Gasteiger partial charge in [0.15, 0.2) is 0 Å². The largest absolute Gasteiger partial charge is 0.393 e. The van der Waals surface area contributed by atoms with Gasteiger partial charge in [-0.15, -0.1) is 0 Å². The molecule has 0 aromatic carbocycles. The summed E-state index contributed by atoms with van der Waals surface area (Å²) in [6.07, 6.45) is 5.00. The molecule has 0 aromatic rings. The summed E-state index contributed by atoms with van der Waals surface area (Å²) in [4.78, 5) is 14.1. The predicted molar refractivity (Wildman–Crippen MR) is 81.7 cm³/mol. The topological polar surface area (TPSA) is 64.6 Å². The van der Waals surface area contributed by atoms with Gasteiger partial charge in [-0.05, 0) is 46.2 Å². The van der Waals surface area contributed by atoms with Crippen LogP contribution in [0.4, 0.5) is 4.79 Å². The molecule has 0 spiro atoms. The Morgan fingerprint density at radius 2 is 2.15 bits per heavy atom. The number of amides is 2. The van der Waals surface area contributed by atoms with Crippen molar-refractivity contribution in [2.24, 2.45) is 5.92 Å². The van der Waals surface area contributed by atoms with E-state index in [2.05, 4.69) is 36.6 Å². The van der Waals surface area contributed by atoms with Gasteiger partial charge in [0.05, 0.1) is 6.10 Å². The van der Waals surface area contributed by atoms with E-state index in [1.54, 1.807) is 6.92 Å². The summed E-state index contributed by atoms with van der Waals surface area (Å²) in [5, 5.41) is 15.0. The second-order valence-corrected chi connectivity index (χ2v) is 6.57. The minimum absolute atomic E-state index is 0.0826. The summed E-state index contributed by atoms with van der Waals surface area (Å²) in [6, 6.07) is -0.134. The van der Waals surface area contributed by atoms with Gasteiger partial charge in [0, 0.05) is 18.6 Å².